The fourth-order valence-corrected chi connectivity index (χ4v) is 1.94. The quantitative estimate of drug-likeness (QED) is 0.471. The van der Waals surface area contributed by atoms with E-state index in [0.717, 1.165) is 0 Å². The molecule has 0 unspecified atom stereocenters. The highest BCUT2D eigenvalue weighted by Gasteiger charge is 2.08. The number of carbonyl (C=O) groups is 1. The summed E-state index contributed by atoms with van der Waals surface area (Å²) >= 11 is 5.92. The molecule has 0 radical (unpaired) electrons. The Morgan fingerprint density at radius 2 is 1.75 bits per heavy atom. The van der Waals surface area contributed by atoms with E-state index in [9.17, 15) is 4.79 Å². The van der Waals surface area contributed by atoms with Crippen molar-refractivity contribution >= 4 is 23.6 Å². The van der Waals surface area contributed by atoms with E-state index in [4.69, 9.17) is 31.6 Å². The van der Waals surface area contributed by atoms with Gasteiger partial charge in [0.25, 0.3) is 0 Å². The fourth-order valence-electron chi connectivity index (χ4n) is 1.75. The summed E-state index contributed by atoms with van der Waals surface area (Å²) < 4.78 is 10.4. The van der Waals surface area contributed by atoms with Crippen LogP contribution in [0.5, 0.6) is 11.5 Å². The molecule has 0 N–H and O–H groups in total. The van der Waals surface area contributed by atoms with E-state index in [2.05, 4.69) is 0 Å². The molecule has 0 amide bonds. The summed E-state index contributed by atoms with van der Waals surface area (Å²) in [6, 6.07) is 16.7. The van der Waals surface area contributed by atoms with Crippen molar-refractivity contribution in [3.63, 3.8) is 0 Å². The molecule has 2 aromatic rings. The molecular weight excluding hydrogens is 328 g/mol. The van der Waals surface area contributed by atoms with Gasteiger partial charge in [0.2, 0.25) is 0 Å². The highest BCUT2D eigenvalue weighted by Crippen LogP contribution is 2.23. The van der Waals surface area contributed by atoms with Crippen LogP contribution in [-0.4, -0.2) is 12.6 Å². The summed E-state index contributed by atoms with van der Waals surface area (Å²) in [5.74, 6) is 0.153. The minimum absolute atomic E-state index is 0.00659. The van der Waals surface area contributed by atoms with Gasteiger partial charge in [-0.15, -0.1) is 0 Å². The number of halogens is 1. The molecule has 2 aromatic carbocycles. The zero-order valence-corrected chi connectivity index (χ0v) is 13.2. The van der Waals surface area contributed by atoms with Crippen LogP contribution in [0.3, 0.4) is 0 Å². The van der Waals surface area contributed by atoms with Crippen LogP contribution < -0.4 is 9.47 Å². The Morgan fingerprint density at radius 1 is 1.08 bits per heavy atom. The average Bonchev–Trinajstić information content (AvgIpc) is 2.60. The molecule has 5 nitrogen and oxygen atoms in total. The first-order valence-electron chi connectivity index (χ1n) is 6.82. The number of nitriles is 2. The third kappa shape index (κ3) is 4.88. The van der Waals surface area contributed by atoms with E-state index >= 15 is 0 Å². The summed E-state index contributed by atoms with van der Waals surface area (Å²) in [6.07, 6.45) is 1.44. The Bertz CT molecular complexity index is 830. The van der Waals surface area contributed by atoms with Crippen LogP contribution in [0.1, 0.15) is 5.56 Å². The maximum atomic E-state index is 11.8. The molecule has 0 fully saturated rings. The molecule has 118 valence electrons. The van der Waals surface area contributed by atoms with Crippen molar-refractivity contribution < 1.29 is 14.3 Å². The lowest BCUT2D eigenvalue weighted by Gasteiger charge is -2.08. The van der Waals surface area contributed by atoms with Crippen molar-refractivity contribution in [2.45, 2.75) is 0 Å². The van der Waals surface area contributed by atoms with E-state index in [1.165, 1.54) is 6.08 Å². The fraction of sp³-hybridized carbons (Fsp3) is 0.0556. The van der Waals surface area contributed by atoms with Crippen molar-refractivity contribution in [1.82, 2.24) is 0 Å². The van der Waals surface area contributed by atoms with Crippen molar-refractivity contribution in [2.24, 2.45) is 0 Å². The SMILES string of the molecule is N#CC(C#N)=Cc1ccc(OC(=O)COc2ccccc2Cl)cc1. The van der Waals surface area contributed by atoms with Gasteiger partial charge >= 0.3 is 5.97 Å². The second-order valence-electron chi connectivity index (χ2n) is 4.54. The third-order valence-electron chi connectivity index (χ3n) is 2.85. The Morgan fingerprint density at radius 3 is 2.38 bits per heavy atom. The number of hydrogen-bond donors (Lipinski definition) is 0. The predicted octanol–water partition coefficient (Wildman–Crippen LogP) is 3.75. The van der Waals surface area contributed by atoms with Gasteiger partial charge in [-0.25, -0.2) is 4.79 Å². The number of para-hydroxylation sites is 1. The smallest absolute Gasteiger partial charge is 0.349 e. The molecule has 0 saturated heterocycles. The zero-order chi connectivity index (χ0) is 17.4. The second kappa shape index (κ2) is 8.38. The number of hydrogen-bond acceptors (Lipinski definition) is 5. The molecule has 0 atom stereocenters. The summed E-state index contributed by atoms with van der Waals surface area (Å²) in [4.78, 5) is 11.8. The molecular formula is C18H11ClN2O3. The number of ether oxygens (including phenoxy) is 2. The van der Waals surface area contributed by atoms with E-state index in [1.807, 2.05) is 0 Å². The van der Waals surface area contributed by atoms with E-state index < -0.39 is 5.97 Å². The van der Waals surface area contributed by atoms with E-state index in [1.54, 1.807) is 60.7 Å². The minimum atomic E-state index is -0.576. The predicted molar refractivity (Wildman–Crippen MR) is 88.2 cm³/mol. The Kier molecular flexibility index (Phi) is 5.96. The second-order valence-corrected chi connectivity index (χ2v) is 4.95. The monoisotopic (exact) mass is 338 g/mol. The van der Waals surface area contributed by atoms with Gasteiger partial charge in [-0.3, -0.25) is 0 Å². The van der Waals surface area contributed by atoms with Gasteiger partial charge in [0.05, 0.1) is 5.02 Å². The largest absolute Gasteiger partial charge is 0.480 e. The van der Waals surface area contributed by atoms with Crippen LogP contribution >= 0.6 is 11.6 Å². The molecule has 2 rings (SSSR count). The standard InChI is InChI=1S/C18H11ClN2O3/c19-16-3-1-2-4-17(16)23-12-18(22)24-15-7-5-13(6-8-15)9-14(10-20)11-21/h1-9H,12H2. The molecule has 0 aromatic heterocycles. The third-order valence-corrected chi connectivity index (χ3v) is 3.16. The highest BCUT2D eigenvalue weighted by atomic mass is 35.5. The number of allylic oxidation sites excluding steroid dienone is 1. The Hall–Kier alpha value is -3.28. The molecule has 24 heavy (non-hydrogen) atoms. The van der Waals surface area contributed by atoms with Crippen LogP contribution in [0.4, 0.5) is 0 Å². The zero-order valence-electron chi connectivity index (χ0n) is 12.4. The maximum absolute atomic E-state index is 11.8. The van der Waals surface area contributed by atoms with Gasteiger partial charge in [0, 0.05) is 0 Å². The Labute approximate surface area is 143 Å². The van der Waals surface area contributed by atoms with Gasteiger partial charge in [-0.05, 0) is 35.9 Å². The molecule has 6 heteroatoms. The summed E-state index contributed by atoms with van der Waals surface area (Å²) in [5.41, 5.74) is 0.646. The van der Waals surface area contributed by atoms with Crippen molar-refractivity contribution in [3.05, 3.63) is 64.7 Å². The van der Waals surface area contributed by atoms with Crippen LogP contribution in [0, 0.1) is 22.7 Å². The number of nitrogens with zero attached hydrogens (tertiary/aromatic N) is 2. The maximum Gasteiger partial charge on any atom is 0.349 e. The summed E-state index contributed by atoms with van der Waals surface area (Å²) in [5, 5.41) is 17.8. The lowest BCUT2D eigenvalue weighted by atomic mass is 10.1. The molecule has 0 aliphatic rings. The van der Waals surface area contributed by atoms with E-state index in [0.29, 0.717) is 22.1 Å². The van der Waals surface area contributed by atoms with Gasteiger partial charge in [-0.2, -0.15) is 10.5 Å². The average molecular weight is 339 g/mol. The molecule has 0 heterocycles. The van der Waals surface area contributed by atoms with Gasteiger partial charge in [0.15, 0.2) is 6.61 Å². The highest BCUT2D eigenvalue weighted by molar-refractivity contribution is 6.32. The molecule has 0 aliphatic carbocycles. The number of rotatable bonds is 5. The normalized spacial score (nSPS) is 9.29. The van der Waals surface area contributed by atoms with Crippen LogP contribution in [0.15, 0.2) is 54.1 Å². The van der Waals surface area contributed by atoms with Crippen molar-refractivity contribution in [1.29, 1.82) is 10.5 Å². The first kappa shape index (κ1) is 17.1. The van der Waals surface area contributed by atoms with E-state index in [-0.39, 0.29) is 12.2 Å². The topological polar surface area (TPSA) is 83.1 Å². The van der Waals surface area contributed by atoms with Crippen molar-refractivity contribution in [2.75, 3.05) is 6.61 Å². The van der Waals surface area contributed by atoms with Crippen LogP contribution in [-0.2, 0) is 4.79 Å². The number of benzene rings is 2. The summed E-state index contributed by atoms with van der Waals surface area (Å²) in [6.45, 7) is -0.279. The van der Waals surface area contributed by atoms with Crippen molar-refractivity contribution in [3.8, 4) is 23.6 Å². The first-order chi connectivity index (χ1) is 11.6. The number of carbonyl (C=O) groups excluding carboxylic acids is 1. The van der Waals surface area contributed by atoms with Crippen LogP contribution in [0.2, 0.25) is 5.02 Å². The number of esters is 1. The lowest BCUT2D eigenvalue weighted by Crippen LogP contribution is -2.17. The Balaban J connectivity index is 1.93. The van der Waals surface area contributed by atoms with Gasteiger partial charge < -0.3 is 9.47 Å². The molecule has 0 bridgehead atoms. The summed E-state index contributed by atoms with van der Waals surface area (Å²) in [7, 11) is 0. The molecule has 0 spiro atoms. The van der Waals surface area contributed by atoms with Crippen LogP contribution in [0.25, 0.3) is 6.08 Å². The molecule has 0 saturated carbocycles. The first-order valence-corrected chi connectivity index (χ1v) is 7.20. The lowest BCUT2D eigenvalue weighted by molar-refractivity contribution is -0.136. The van der Waals surface area contributed by atoms with Gasteiger partial charge in [-0.1, -0.05) is 35.9 Å². The molecule has 0 aliphatic heterocycles. The minimum Gasteiger partial charge on any atom is -0.480 e. The van der Waals surface area contributed by atoms with Gasteiger partial charge in [0.1, 0.15) is 29.2 Å².